The van der Waals surface area contributed by atoms with Gasteiger partial charge in [-0.15, -0.1) is 0 Å². The third-order valence-electron chi connectivity index (χ3n) is 6.67. The van der Waals surface area contributed by atoms with E-state index >= 15 is 0 Å². The van der Waals surface area contributed by atoms with Crippen LogP contribution in [0.1, 0.15) is 44.7 Å². The molecule has 4 heteroatoms. The Hall–Kier alpha value is -1.39. The highest BCUT2D eigenvalue weighted by Gasteiger charge is 2.73. The summed E-state index contributed by atoms with van der Waals surface area (Å²) in [7, 11) is 0. The Balaban J connectivity index is 1.98. The van der Waals surface area contributed by atoms with Gasteiger partial charge in [0.1, 0.15) is 12.2 Å². The molecule has 2 N–H and O–H groups in total. The summed E-state index contributed by atoms with van der Waals surface area (Å²) in [4.78, 5) is 10.3. The summed E-state index contributed by atoms with van der Waals surface area (Å²) in [6.45, 7) is 7.03. The quantitative estimate of drug-likeness (QED) is 0.838. The molecule has 0 aromatic heterocycles. The van der Waals surface area contributed by atoms with Crippen molar-refractivity contribution in [3.63, 3.8) is 0 Å². The van der Waals surface area contributed by atoms with Crippen molar-refractivity contribution >= 4 is 6.47 Å². The third-order valence-corrected chi connectivity index (χ3v) is 6.67. The van der Waals surface area contributed by atoms with E-state index in [-0.39, 0.29) is 23.4 Å². The van der Waals surface area contributed by atoms with E-state index in [1.807, 2.05) is 24.3 Å². The molecule has 120 valence electrons. The monoisotopic (exact) mass is 304 g/mol. The standard InChI is InChI=1S/C18H24O4/c1-16(2)14-8-9-17(16,3)18(21,15(14)20)13-6-4-12(5-7-13)10-22-11-19/h4-7,11,14-15,20-21H,8-10H2,1-3H3. The van der Waals surface area contributed by atoms with Crippen molar-refractivity contribution in [1.82, 2.24) is 0 Å². The zero-order valence-corrected chi connectivity index (χ0v) is 13.4. The number of aliphatic hydroxyl groups excluding tert-OH is 1. The fourth-order valence-electron chi connectivity index (χ4n) is 4.86. The Morgan fingerprint density at radius 2 is 1.91 bits per heavy atom. The smallest absolute Gasteiger partial charge is 0.293 e. The molecule has 2 bridgehead atoms. The van der Waals surface area contributed by atoms with Gasteiger partial charge in [-0.1, -0.05) is 45.0 Å². The van der Waals surface area contributed by atoms with Crippen LogP contribution in [0.3, 0.4) is 0 Å². The van der Waals surface area contributed by atoms with Crippen molar-refractivity contribution in [3.05, 3.63) is 35.4 Å². The number of aliphatic hydroxyl groups is 2. The van der Waals surface area contributed by atoms with Crippen molar-refractivity contribution in [2.24, 2.45) is 16.7 Å². The van der Waals surface area contributed by atoms with Crippen LogP contribution in [0.4, 0.5) is 0 Å². The lowest BCUT2D eigenvalue weighted by atomic mass is 9.62. The Morgan fingerprint density at radius 3 is 2.41 bits per heavy atom. The molecule has 4 atom stereocenters. The predicted molar refractivity (Wildman–Crippen MR) is 81.8 cm³/mol. The lowest BCUT2D eigenvalue weighted by Crippen LogP contribution is -2.50. The Morgan fingerprint density at radius 1 is 1.27 bits per heavy atom. The Labute approximate surface area is 131 Å². The summed E-state index contributed by atoms with van der Waals surface area (Å²) in [5.41, 5.74) is -0.0939. The van der Waals surface area contributed by atoms with Crippen LogP contribution in [0, 0.1) is 16.7 Å². The summed E-state index contributed by atoms with van der Waals surface area (Å²) < 4.78 is 4.74. The average molecular weight is 304 g/mol. The largest absolute Gasteiger partial charge is 0.463 e. The molecule has 3 rings (SSSR count). The molecule has 0 spiro atoms. The maximum Gasteiger partial charge on any atom is 0.293 e. The van der Waals surface area contributed by atoms with Crippen LogP contribution in [0.5, 0.6) is 0 Å². The lowest BCUT2D eigenvalue weighted by molar-refractivity contribution is -0.154. The minimum Gasteiger partial charge on any atom is -0.463 e. The molecule has 2 aliphatic carbocycles. The van der Waals surface area contributed by atoms with E-state index in [0.29, 0.717) is 6.47 Å². The maximum absolute atomic E-state index is 11.4. The van der Waals surface area contributed by atoms with E-state index in [0.717, 1.165) is 24.0 Å². The fourth-order valence-corrected chi connectivity index (χ4v) is 4.86. The number of benzene rings is 1. The van der Waals surface area contributed by atoms with E-state index in [2.05, 4.69) is 20.8 Å². The van der Waals surface area contributed by atoms with Crippen LogP contribution in [-0.4, -0.2) is 22.8 Å². The molecule has 1 aromatic carbocycles. The molecule has 4 unspecified atom stereocenters. The topological polar surface area (TPSA) is 66.8 Å². The van der Waals surface area contributed by atoms with Crippen LogP contribution in [0.2, 0.25) is 0 Å². The van der Waals surface area contributed by atoms with Gasteiger partial charge >= 0.3 is 0 Å². The van der Waals surface area contributed by atoms with E-state index in [1.54, 1.807) is 0 Å². The van der Waals surface area contributed by atoms with Crippen molar-refractivity contribution in [2.45, 2.75) is 51.9 Å². The molecule has 0 saturated heterocycles. The summed E-state index contributed by atoms with van der Waals surface area (Å²) in [5.74, 6) is 0.112. The third kappa shape index (κ3) is 1.68. The first-order valence-electron chi connectivity index (χ1n) is 7.84. The molecule has 0 radical (unpaired) electrons. The van der Waals surface area contributed by atoms with E-state index < -0.39 is 11.7 Å². The number of ether oxygens (including phenoxy) is 1. The van der Waals surface area contributed by atoms with Crippen LogP contribution in [0.25, 0.3) is 0 Å². The molecule has 0 amide bonds. The summed E-state index contributed by atoms with van der Waals surface area (Å²) in [5, 5.41) is 22.2. The first kappa shape index (κ1) is 15.5. The van der Waals surface area contributed by atoms with Gasteiger partial charge in [0.15, 0.2) is 0 Å². The number of carbonyl (C=O) groups is 1. The second kappa shape index (κ2) is 4.80. The fraction of sp³-hybridized carbons (Fsp3) is 0.611. The second-order valence-corrected chi connectivity index (χ2v) is 7.51. The maximum atomic E-state index is 11.4. The molecular formula is C18H24O4. The predicted octanol–water partition coefficient (Wildman–Crippen LogP) is 2.36. The van der Waals surface area contributed by atoms with Crippen LogP contribution in [0.15, 0.2) is 24.3 Å². The van der Waals surface area contributed by atoms with Gasteiger partial charge in [0, 0.05) is 5.41 Å². The van der Waals surface area contributed by atoms with E-state index in [9.17, 15) is 15.0 Å². The Kier molecular flexibility index (Phi) is 3.38. The molecule has 2 aliphatic rings. The molecule has 2 fully saturated rings. The molecule has 0 heterocycles. The normalized spacial score (nSPS) is 39.0. The minimum absolute atomic E-state index is 0.111. The summed E-state index contributed by atoms with van der Waals surface area (Å²) in [6, 6.07) is 7.36. The van der Waals surface area contributed by atoms with Gasteiger partial charge in [-0.3, -0.25) is 4.79 Å². The molecular weight excluding hydrogens is 280 g/mol. The number of rotatable bonds is 4. The zero-order valence-electron chi connectivity index (χ0n) is 13.4. The summed E-state index contributed by atoms with van der Waals surface area (Å²) in [6.07, 6.45) is 1.12. The lowest BCUT2D eigenvalue weighted by Gasteiger charge is -2.46. The Bertz CT molecular complexity index is 579. The number of hydrogen-bond acceptors (Lipinski definition) is 4. The highest BCUT2D eigenvalue weighted by atomic mass is 16.5. The number of carbonyl (C=O) groups excluding carboxylic acids is 1. The van der Waals surface area contributed by atoms with Gasteiger partial charge in [0.05, 0.1) is 6.10 Å². The second-order valence-electron chi connectivity index (χ2n) is 7.51. The van der Waals surface area contributed by atoms with Crippen molar-refractivity contribution in [2.75, 3.05) is 0 Å². The van der Waals surface area contributed by atoms with Gasteiger partial charge in [-0.2, -0.15) is 0 Å². The highest BCUT2D eigenvalue weighted by molar-refractivity contribution is 5.39. The average Bonchev–Trinajstić information content (AvgIpc) is 2.80. The van der Waals surface area contributed by atoms with Gasteiger partial charge in [0.25, 0.3) is 6.47 Å². The van der Waals surface area contributed by atoms with Crippen molar-refractivity contribution in [1.29, 1.82) is 0 Å². The molecule has 0 aliphatic heterocycles. The van der Waals surface area contributed by atoms with Crippen LogP contribution < -0.4 is 0 Å². The van der Waals surface area contributed by atoms with E-state index in [1.165, 1.54) is 0 Å². The highest BCUT2D eigenvalue weighted by Crippen LogP contribution is 2.72. The van der Waals surface area contributed by atoms with Crippen molar-refractivity contribution < 1.29 is 19.7 Å². The number of fused-ring (bicyclic) bond motifs is 2. The first-order valence-corrected chi connectivity index (χ1v) is 7.84. The van der Waals surface area contributed by atoms with Gasteiger partial charge in [-0.25, -0.2) is 0 Å². The molecule has 1 aromatic rings. The first-order chi connectivity index (χ1) is 10.3. The van der Waals surface area contributed by atoms with Gasteiger partial charge in [0.2, 0.25) is 0 Å². The van der Waals surface area contributed by atoms with Crippen molar-refractivity contribution in [3.8, 4) is 0 Å². The molecule has 4 nitrogen and oxygen atoms in total. The molecule has 22 heavy (non-hydrogen) atoms. The zero-order chi connectivity index (χ0) is 16.2. The van der Waals surface area contributed by atoms with Crippen LogP contribution in [-0.2, 0) is 21.7 Å². The minimum atomic E-state index is -1.23. The van der Waals surface area contributed by atoms with Gasteiger partial charge < -0.3 is 14.9 Å². The SMILES string of the molecule is CC1(C)C2CCC1(C)C(O)(c1ccc(COC=O)cc1)C2O. The van der Waals surface area contributed by atoms with Crippen LogP contribution >= 0.6 is 0 Å². The van der Waals surface area contributed by atoms with E-state index in [4.69, 9.17) is 4.74 Å². The van der Waals surface area contributed by atoms with Gasteiger partial charge in [-0.05, 0) is 35.3 Å². The molecule has 2 saturated carbocycles. The summed E-state index contributed by atoms with van der Waals surface area (Å²) >= 11 is 0. The number of hydrogen-bond donors (Lipinski definition) is 2.